The van der Waals surface area contributed by atoms with E-state index in [4.69, 9.17) is 10.5 Å². The summed E-state index contributed by atoms with van der Waals surface area (Å²) in [7, 11) is 1.38. The second-order valence-electron chi connectivity index (χ2n) is 4.25. The Hall–Kier alpha value is -2.36. The third-order valence-electron chi connectivity index (χ3n) is 2.92. The van der Waals surface area contributed by atoms with Gasteiger partial charge in [-0.25, -0.2) is 4.39 Å². The van der Waals surface area contributed by atoms with Crippen LogP contribution >= 0.6 is 0 Å². The molecule has 0 aliphatic rings. The van der Waals surface area contributed by atoms with Crippen LogP contribution in [0.15, 0.2) is 36.4 Å². The normalized spacial score (nSPS) is 10.3. The Labute approximate surface area is 110 Å². The van der Waals surface area contributed by atoms with Crippen molar-refractivity contribution < 1.29 is 13.9 Å². The maximum atomic E-state index is 13.6. The largest absolute Gasteiger partial charge is 0.494 e. The van der Waals surface area contributed by atoms with Gasteiger partial charge in [0.2, 0.25) is 0 Å². The minimum atomic E-state index is -0.560. The fourth-order valence-corrected chi connectivity index (χ4v) is 1.85. The number of methoxy groups -OCH3 is 1. The van der Waals surface area contributed by atoms with Gasteiger partial charge >= 0.3 is 0 Å². The second kappa shape index (κ2) is 5.10. The number of benzene rings is 2. The molecular formula is C15H14FNO2. The van der Waals surface area contributed by atoms with Crippen molar-refractivity contribution in [2.75, 3.05) is 12.8 Å². The number of aryl methyl sites for hydroxylation is 1. The summed E-state index contributed by atoms with van der Waals surface area (Å²) in [6.45, 7) is 1.81. The highest BCUT2D eigenvalue weighted by atomic mass is 19.1. The van der Waals surface area contributed by atoms with E-state index >= 15 is 0 Å². The molecule has 0 radical (unpaired) electrons. The topological polar surface area (TPSA) is 52.3 Å². The quantitative estimate of drug-likeness (QED) is 0.681. The molecule has 0 atom stereocenters. The lowest BCUT2D eigenvalue weighted by Crippen LogP contribution is -2.05. The standard InChI is InChI=1S/C15H14FNO2/c1-9-3-5-11(17)8-12(9)15(18)10-4-6-14(19-2)13(16)7-10/h3-8H,17H2,1-2H3. The molecular weight excluding hydrogens is 245 g/mol. The van der Waals surface area contributed by atoms with E-state index in [9.17, 15) is 9.18 Å². The van der Waals surface area contributed by atoms with Crippen molar-refractivity contribution in [2.45, 2.75) is 6.92 Å². The molecule has 98 valence electrons. The first-order valence-corrected chi connectivity index (χ1v) is 5.77. The van der Waals surface area contributed by atoms with Crippen LogP contribution in [0.1, 0.15) is 21.5 Å². The van der Waals surface area contributed by atoms with E-state index in [0.717, 1.165) is 5.56 Å². The zero-order chi connectivity index (χ0) is 14.0. The smallest absolute Gasteiger partial charge is 0.193 e. The highest BCUT2D eigenvalue weighted by Crippen LogP contribution is 2.22. The van der Waals surface area contributed by atoms with E-state index in [1.807, 2.05) is 6.92 Å². The second-order valence-corrected chi connectivity index (χ2v) is 4.25. The maximum absolute atomic E-state index is 13.6. The van der Waals surface area contributed by atoms with Crippen LogP contribution < -0.4 is 10.5 Å². The van der Waals surface area contributed by atoms with Crippen molar-refractivity contribution in [2.24, 2.45) is 0 Å². The average molecular weight is 259 g/mol. The Morgan fingerprint density at radius 3 is 2.58 bits per heavy atom. The summed E-state index contributed by atoms with van der Waals surface area (Å²) < 4.78 is 18.4. The molecule has 0 saturated heterocycles. The minimum absolute atomic E-state index is 0.112. The van der Waals surface area contributed by atoms with Gasteiger partial charge in [-0.2, -0.15) is 0 Å². The first kappa shape index (κ1) is 13.1. The monoisotopic (exact) mass is 259 g/mol. The molecule has 0 aliphatic heterocycles. The molecule has 0 unspecified atom stereocenters. The van der Waals surface area contributed by atoms with Crippen molar-refractivity contribution in [1.82, 2.24) is 0 Å². The van der Waals surface area contributed by atoms with Crippen LogP contribution in [0.25, 0.3) is 0 Å². The van der Waals surface area contributed by atoms with Crippen LogP contribution in [0.5, 0.6) is 5.75 Å². The van der Waals surface area contributed by atoms with Crippen molar-refractivity contribution in [3.63, 3.8) is 0 Å². The Kier molecular flexibility index (Phi) is 3.51. The molecule has 0 aromatic heterocycles. The number of nitrogen functional groups attached to an aromatic ring is 1. The van der Waals surface area contributed by atoms with E-state index in [1.54, 1.807) is 18.2 Å². The van der Waals surface area contributed by atoms with Gasteiger partial charge < -0.3 is 10.5 Å². The molecule has 0 bridgehead atoms. The average Bonchev–Trinajstić information content (AvgIpc) is 2.40. The molecule has 0 fully saturated rings. The van der Waals surface area contributed by atoms with Crippen LogP contribution in [-0.4, -0.2) is 12.9 Å². The lowest BCUT2D eigenvalue weighted by Gasteiger charge is -2.08. The number of rotatable bonds is 3. The summed E-state index contributed by atoms with van der Waals surface area (Å²) in [6.07, 6.45) is 0. The SMILES string of the molecule is COc1ccc(C(=O)c2cc(N)ccc2C)cc1F. The Morgan fingerprint density at radius 1 is 1.21 bits per heavy atom. The summed E-state index contributed by atoms with van der Waals surface area (Å²) in [6, 6.07) is 9.23. The summed E-state index contributed by atoms with van der Waals surface area (Å²) >= 11 is 0. The van der Waals surface area contributed by atoms with Crippen LogP contribution in [-0.2, 0) is 0 Å². The number of hydrogen-bond acceptors (Lipinski definition) is 3. The van der Waals surface area contributed by atoms with Crippen molar-refractivity contribution in [3.05, 3.63) is 58.9 Å². The number of nitrogens with two attached hydrogens (primary N) is 1. The summed E-state index contributed by atoms with van der Waals surface area (Å²) in [5, 5.41) is 0. The molecule has 2 aromatic carbocycles. The van der Waals surface area contributed by atoms with E-state index in [-0.39, 0.29) is 17.1 Å². The molecule has 0 heterocycles. The lowest BCUT2D eigenvalue weighted by molar-refractivity contribution is 0.103. The van der Waals surface area contributed by atoms with Crippen molar-refractivity contribution >= 4 is 11.5 Å². The molecule has 0 saturated carbocycles. The van der Waals surface area contributed by atoms with Gasteiger partial charge in [0.1, 0.15) is 0 Å². The molecule has 0 amide bonds. The van der Waals surface area contributed by atoms with Gasteiger partial charge in [0.25, 0.3) is 0 Å². The fourth-order valence-electron chi connectivity index (χ4n) is 1.85. The van der Waals surface area contributed by atoms with Crippen molar-refractivity contribution in [1.29, 1.82) is 0 Å². The number of ether oxygens (including phenoxy) is 1. The number of anilines is 1. The number of carbonyl (C=O) groups is 1. The lowest BCUT2D eigenvalue weighted by atomic mass is 9.98. The van der Waals surface area contributed by atoms with Crippen LogP contribution in [0.2, 0.25) is 0 Å². The number of hydrogen-bond donors (Lipinski definition) is 1. The first-order chi connectivity index (χ1) is 9.02. The van der Waals surface area contributed by atoms with Gasteiger partial charge in [0.15, 0.2) is 17.3 Å². The van der Waals surface area contributed by atoms with Gasteiger partial charge in [-0.3, -0.25) is 4.79 Å². The summed E-state index contributed by atoms with van der Waals surface area (Å²) in [5.41, 5.74) is 7.72. The predicted molar refractivity (Wildman–Crippen MR) is 72.0 cm³/mol. The fraction of sp³-hybridized carbons (Fsp3) is 0.133. The molecule has 2 N–H and O–H groups in total. The van der Waals surface area contributed by atoms with Crippen molar-refractivity contribution in [3.8, 4) is 5.75 Å². The van der Waals surface area contributed by atoms with Gasteiger partial charge in [-0.15, -0.1) is 0 Å². The third-order valence-corrected chi connectivity index (χ3v) is 2.92. The summed E-state index contributed by atoms with van der Waals surface area (Å²) in [4.78, 5) is 12.3. The van der Waals surface area contributed by atoms with E-state index < -0.39 is 5.82 Å². The Bertz CT molecular complexity index is 638. The zero-order valence-corrected chi connectivity index (χ0v) is 10.7. The third kappa shape index (κ3) is 2.57. The van der Waals surface area contributed by atoms with Crippen LogP contribution in [0, 0.1) is 12.7 Å². The summed E-state index contributed by atoms with van der Waals surface area (Å²) in [5.74, 6) is -0.706. The Morgan fingerprint density at radius 2 is 1.95 bits per heavy atom. The molecule has 2 rings (SSSR count). The highest BCUT2D eigenvalue weighted by molar-refractivity contribution is 6.10. The Balaban J connectivity index is 2.44. The molecule has 2 aromatic rings. The van der Waals surface area contributed by atoms with Gasteiger partial charge in [-0.05, 0) is 42.8 Å². The van der Waals surface area contributed by atoms with E-state index in [2.05, 4.69) is 0 Å². The van der Waals surface area contributed by atoms with E-state index in [0.29, 0.717) is 11.3 Å². The maximum Gasteiger partial charge on any atom is 0.193 e. The number of halogens is 1. The number of carbonyl (C=O) groups excluding carboxylic acids is 1. The first-order valence-electron chi connectivity index (χ1n) is 5.77. The molecule has 3 nitrogen and oxygen atoms in total. The molecule has 4 heteroatoms. The van der Waals surface area contributed by atoms with Crippen LogP contribution in [0.4, 0.5) is 10.1 Å². The van der Waals surface area contributed by atoms with Gasteiger partial charge in [-0.1, -0.05) is 6.07 Å². The van der Waals surface area contributed by atoms with Gasteiger partial charge in [0, 0.05) is 16.8 Å². The predicted octanol–water partition coefficient (Wildman–Crippen LogP) is 2.96. The highest BCUT2D eigenvalue weighted by Gasteiger charge is 2.14. The van der Waals surface area contributed by atoms with Crippen LogP contribution in [0.3, 0.4) is 0 Å². The minimum Gasteiger partial charge on any atom is -0.494 e. The van der Waals surface area contributed by atoms with Gasteiger partial charge in [0.05, 0.1) is 7.11 Å². The van der Waals surface area contributed by atoms with E-state index in [1.165, 1.54) is 25.3 Å². The molecule has 0 spiro atoms. The number of ketones is 1. The molecule has 0 aliphatic carbocycles. The molecule has 19 heavy (non-hydrogen) atoms. The zero-order valence-electron chi connectivity index (χ0n) is 10.7.